The minimum Gasteiger partial charge on any atom is -0.480 e. The number of fused-ring (bicyclic) bond motifs is 1. The molecule has 6 rings (SSSR count). The van der Waals surface area contributed by atoms with Crippen LogP contribution in [0, 0.1) is 0 Å². The molecule has 0 saturated heterocycles. The van der Waals surface area contributed by atoms with Gasteiger partial charge in [0.15, 0.2) is 11.5 Å². The molecular formula is C28H28F3N7O4S. The van der Waals surface area contributed by atoms with Crippen molar-refractivity contribution in [2.75, 3.05) is 17.7 Å². The molecule has 0 bridgehead atoms. The number of rotatable bonds is 8. The van der Waals surface area contributed by atoms with Crippen LogP contribution in [0.3, 0.4) is 0 Å². The van der Waals surface area contributed by atoms with Crippen LogP contribution < -0.4 is 9.04 Å². The van der Waals surface area contributed by atoms with E-state index in [1.807, 2.05) is 0 Å². The summed E-state index contributed by atoms with van der Waals surface area (Å²) < 4.78 is 73.9. The predicted molar refractivity (Wildman–Crippen MR) is 150 cm³/mol. The Balaban J connectivity index is 1.41. The van der Waals surface area contributed by atoms with E-state index < -0.39 is 28.0 Å². The van der Waals surface area contributed by atoms with Gasteiger partial charge in [-0.2, -0.15) is 13.2 Å². The van der Waals surface area contributed by atoms with E-state index in [-0.39, 0.29) is 35.8 Å². The van der Waals surface area contributed by atoms with E-state index in [1.54, 1.807) is 24.3 Å². The average molecular weight is 616 g/mol. The van der Waals surface area contributed by atoms with Crippen molar-refractivity contribution in [1.29, 1.82) is 0 Å². The highest BCUT2D eigenvalue weighted by Gasteiger charge is 2.36. The van der Waals surface area contributed by atoms with E-state index in [0.29, 0.717) is 46.5 Å². The Morgan fingerprint density at radius 1 is 1.07 bits per heavy atom. The minimum atomic E-state index is -4.58. The summed E-state index contributed by atoms with van der Waals surface area (Å²) in [6.07, 6.45) is 0.475. The van der Waals surface area contributed by atoms with Crippen LogP contribution in [0.25, 0.3) is 22.8 Å². The predicted octanol–water partition coefficient (Wildman–Crippen LogP) is 4.18. The zero-order valence-electron chi connectivity index (χ0n) is 23.5. The standard InChI is InChI=1S/C28H28F3N7O4S/c1-37-13-20(28(29,30)31)34-25(37)17-6-4-15(5-7-17)12-38(43(3,40)41)26-18-10-11-19(39)23(18)35-24(36-26)21-22(16-8-9-16)32-14-33-27(21)42-2/h4-7,13-14,16,19,39H,8-12H2,1-3H3. The van der Waals surface area contributed by atoms with Crippen molar-refractivity contribution in [3.8, 4) is 28.7 Å². The minimum absolute atomic E-state index is 0.121. The van der Waals surface area contributed by atoms with E-state index >= 15 is 0 Å². The third-order valence-electron chi connectivity index (χ3n) is 7.57. The Kier molecular flexibility index (Phi) is 7.12. The number of alkyl halides is 3. The van der Waals surface area contributed by atoms with Gasteiger partial charge in [-0.3, -0.25) is 0 Å². The second-order valence-corrected chi connectivity index (χ2v) is 12.6. The first-order valence-electron chi connectivity index (χ1n) is 13.5. The number of methoxy groups -OCH3 is 1. The number of aliphatic hydroxyl groups excluding tert-OH is 1. The number of benzene rings is 1. The zero-order valence-corrected chi connectivity index (χ0v) is 24.3. The van der Waals surface area contributed by atoms with Gasteiger partial charge in [0.05, 0.1) is 37.4 Å². The van der Waals surface area contributed by atoms with Crippen LogP contribution in [0.1, 0.15) is 59.5 Å². The van der Waals surface area contributed by atoms with E-state index in [1.165, 1.54) is 25.1 Å². The topological polar surface area (TPSA) is 136 Å². The van der Waals surface area contributed by atoms with Gasteiger partial charge in [-0.25, -0.2) is 37.6 Å². The second-order valence-electron chi connectivity index (χ2n) is 10.7. The molecule has 226 valence electrons. The van der Waals surface area contributed by atoms with Crippen LogP contribution in [0.15, 0.2) is 36.8 Å². The number of aromatic nitrogens is 6. The largest absolute Gasteiger partial charge is 0.480 e. The van der Waals surface area contributed by atoms with Crippen molar-refractivity contribution in [3.63, 3.8) is 0 Å². The lowest BCUT2D eigenvalue weighted by atomic mass is 10.1. The molecule has 2 aliphatic rings. The first-order valence-corrected chi connectivity index (χ1v) is 15.4. The Morgan fingerprint density at radius 3 is 2.40 bits per heavy atom. The normalized spacial score (nSPS) is 16.8. The molecule has 0 amide bonds. The number of aryl methyl sites for hydroxylation is 1. The summed E-state index contributed by atoms with van der Waals surface area (Å²) in [5.74, 6) is 0.840. The Morgan fingerprint density at radius 2 is 1.79 bits per heavy atom. The van der Waals surface area contributed by atoms with Gasteiger partial charge < -0.3 is 14.4 Å². The number of imidazole rings is 1. The number of ether oxygens (including phenoxy) is 1. The summed E-state index contributed by atoms with van der Waals surface area (Å²) in [7, 11) is -0.971. The summed E-state index contributed by atoms with van der Waals surface area (Å²) >= 11 is 0. The van der Waals surface area contributed by atoms with Crippen LogP contribution in [0.5, 0.6) is 5.88 Å². The third-order valence-corrected chi connectivity index (χ3v) is 8.67. The smallest absolute Gasteiger partial charge is 0.434 e. The van der Waals surface area contributed by atoms with E-state index in [4.69, 9.17) is 9.72 Å². The molecule has 11 nitrogen and oxygen atoms in total. The maximum atomic E-state index is 13.2. The highest BCUT2D eigenvalue weighted by Crippen LogP contribution is 2.46. The highest BCUT2D eigenvalue weighted by molar-refractivity contribution is 7.92. The quantitative estimate of drug-likeness (QED) is 0.310. The number of hydrogen-bond acceptors (Lipinski definition) is 9. The molecule has 3 aromatic heterocycles. The van der Waals surface area contributed by atoms with E-state index in [0.717, 1.165) is 29.6 Å². The highest BCUT2D eigenvalue weighted by atomic mass is 32.2. The lowest BCUT2D eigenvalue weighted by Crippen LogP contribution is -2.31. The molecule has 43 heavy (non-hydrogen) atoms. The number of anilines is 1. The monoisotopic (exact) mass is 615 g/mol. The summed E-state index contributed by atoms with van der Waals surface area (Å²) in [5, 5.41) is 10.8. The fourth-order valence-electron chi connectivity index (χ4n) is 5.30. The Labute approximate surface area is 245 Å². The first-order chi connectivity index (χ1) is 20.3. The van der Waals surface area contributed by atoms with Crippen molar-refractivity contribution >= 4 is 15.8 Å². The third kappa shape index (κ3) is 5.54. The van der Waals surface area contributed by atoms with Gasteiger partial charge in [0.25, 0.3) is 0 Å². The molecular weight excluding hydrogens is 587 g/mol. The van der Waals surface area contributed by atoms with Gasteiger partial charge in [0, 0.05) is 30.3 Å². The van der Waals surface area contributed by atoms with Gasteiger partial charge in [0.2, 0.25) is 15.9 Å². The second kappa shape index (κ2) is 10.6. The van der Waals surface area contributed by atoms with Crippen molar-refractivity contribution in [3.05, 3.63) is 65.0 Å². The Hall–Kier alpha value is -4.11. The molecule has 1 atom stereocenters. The Bertz CT molecular complexity index is 1810. The van der Waals surface area contributed by atoms with Crippen LogP contribution in [-0.2, 0) is 36.2 Å². The molecule has 0 radical (unpaired) electrons. The summed E-state index contributed by atoms with van der Waals surface area (Å²) in [6, 6.07) is 6.44. The van der Waals surface area contributed by atoms with Crippen molar-refractivity contribution < 1.29 is 31.4 Å². The molecule has 4 aromatic rings. The van der Waals surface area contributed by atoms with Gasteiger partial charge >= 0.3 is 6.18 Å². The number of halogens is 3. The van der Waals surface area contributed by atoms with Gasteiger partial charge in [0.1, 0.15) is 23.5 Å². The molecule has 3 heterocycles. The molecule has 0 aliphatic heterocycles. The average Bonchev–Trinajstić information content (AvgIpc) is 3.63. The summed E-state index contributed by atoms with van der Waals surface area (Å²) in [5.41, 5.74) is 2.02. The number of aliphatic hydroxyl groups is 1. The maximum absolute atomic E-state index is 13.2. The van der Waals surface area contributed by atoms with Gasteiger partial charge in [-0.1, -0.05) is 24.3 Å². The molecule has 1 fully saturated rings. The van der Waals surface area contributed by atoms with E-state index in [9.17, 15) is 26.7 Å². The number of sulfonamides is 1. The molecule has 0 spiro atoms. The molecule has 1 aromatic carbocycles. The van der Waals surface area contributed by atoms with Gasteiger partial charge in [-0.05, 0) is 31.2 Å². The fourth-order valence-corrected chi connectivity index (χ4v) is 6.15. The van der Waals surface area contributed by atoms with Crippen molar-refractivity contribution in [2.45, 2.75) is 50.4 Å². The maximum Gasteiger partial charge on any atom is 0.434 e. The first kappa shape index (κ1) is 29.0. The lowest BCUT2D eigenvalue weighted by molar-refractivity contribution is -0.140. The zero-order chi connectivity index (χ0) is 30.7. The summed E-state index contributed by atoms with van der Waals surface area (Å²) in [6.45, 7) is -0.121. The molecule has 15 heteroatoms. The molecule has 2 aliphatic carbocycles. The SMILES string of the molecule is COc1ncnc(C2CC2)c1-c1nc2c(c(N(Cc3ccc(-c4nc(C(F)(F)F)cn4C)cc3)S(C)(=O)=O)n1)CCC2O. The number of hydrogen-bond donors (Lipinski definition) is 1. The van der Waals surface area contributed by atoms with Crippen molar-refractivity contribution in [1.82, 2.24) is 29.5 Å². The van der Waals surface area contributed by atoms with Crippen molar-refractivity contribution in [2.24, 2.45) is 7.05 Å². The molecule has 1 N–H and O–H groups in total. The van der Waals surface area contributed by atoms with Crippen LogP contribution in [-0.4, -0.2) is 56.4 Å². The lowest BCUT2D eigenvalue weighted by Gasteiger charge is -2.25. The fraction of sp³-hybridized carbons (Fsp3) is 0.393. The molecule has 1 saturated carbocycles. The van der Waals surface area contributed by atoms with Crippen LogP contribution >= 0.6 is 0 Å². The van der Waals surface area contributed by atoms with E-state index in [2.05, 4.69) is 19.9 Å². The van der Waals surface area contributed by atoms with Crippen LogP contribution in [0.2, 0.25) is 0 Å². The van der Waals surface area contributed by atoms with Gasteiger partial charge in [-0.15, -0.1) is 0 Å². The molecule has 1 unspecified atom stereocenters. The van der Waals surface area contributed by atoms with Crippen LogP contribution in [0.4, 0.5) is 19.0 Å². The number of nitrogens with zero attached hydrogens (tertiary/aromatic N) is 7. The summed E-state index contributed by atoms with van der Waals surface area (Å²) in [4.78, 5) is 21.8.